The monoisotopic (exact) mass is 418 g/mol. The number of aromatic nitrogens is 2. The van der Waals surface area contributed by atoms with E-state index in [0.29, 0.717) is 17.3 Å². The number of amides is 2. The van der Waals surface area contributed by atoms with E-state index < -0.39 is 11.3 Å². The lowest BCUT2D eigenvalue weighted by Gasteiger charge is -2.28. The number of carbonyl (C=O) groups excluding carboxylic acids is 2. The Balaban J connectivity index is 1.61. The average Bonchev–Trinajstić information content (AvgIpc) is 3.29. The third kappa shape index (κ3) is 3.71. The fourth-order valence-electron chi connectivity index (χ4n) is 4.48. The van der Waals surface area contributed by atoms with Crippen LogP contribution in [0.2, 0.25) is 0 Å². The molecule has 1 aliphatic carbocycles. The van der Waals surface area contributed by atoms with Crippen LogP contribution in [0.1, 0.15) is 54.2 Å². The van der Waals surface area contributed by atoms with Gasteiger partial charge in [0.25, 0.3) is 11.5 Å². The van der Waals surface area contributed by atoms with Gasteiger partial charge in [0, 0.05) is 11.9 Å². The lowest BCUT2D eigenvalue weighted by molar-refractivity contribution is -0.127. The Morgan fingerprint density at radius 3 is 2.42 bits per heavy atom. The van der Waals surface area contributed by atoms with Gasteiger partial charge in [0.2, 0.25) is 5.91 Å². The molecule has 0 aliphatic heterocycles. The molecule has 1 heterocycles. The first-order chi connectivity index (χ1) is 15.0. The van der Waals surface area contributed by atoms with Crippen LogP contribution >= 0.6 is 0 Å². The number of benzene rings is 2. The van der Waals surface area contributed by atoms with Gasteiger partial charge in [0.05, 0.1) is 10.8 Å². The molecule has 1 aliphatic rings. The number of fused-ring (bicyclic) bond motifs is 1. The van der Waals surface area contributed by atoms with Gasteiger partial charge in [-0.2, -0.15) is 5.10 Å². The van der Waals surface area contributed by atoms with Crippen molar-refractivity contribution < 1.29 is 9.59 Å². The summed E-state index contributed by atoms with van der Waals surface area (Å²) in [6.07, 6.45) is 3.39. The number of hydrogen-bond donors (Lipinski definition) is 2. The van der Waals surface area contributed by atoms with Gasteiger partial charge in [-0.3, -0.25) is 25.2 Å². The van der Waals surface area contributed by atoms with Crippen LogP contribution in [0, 0.1) is 6.92 Å². The number of nitrogens with one attached hydrogen (secondary N) is 2. The van der Waals surface area contributed by atoms with Crippen molar-refractivity contribution in [1.82, 2.24) is 20.6 Å². The Labute approximate surface area is 180 Å². The number of hydrogen-bond acceptors (Lipinski definition) is 4. The molecule has 0 radical (unpaired) electrons. The summed E-state index contributed by atoms with van der Waals surface area (Å²) >= 11 is 0. The van der Waals surface area contributed by atoms with E-state index in [9.17, 15) is 14.4 Å². The second kappa shape index (κ2) is 8.34. The first-order valence-corrected chi connectivity index (χ1v) is 10.6. The van der Waals surface area contributed by atoms with Gasteiger partial charge < -0.3 is 0 Å². The highest BCUT2D eigenvalue weighted by Crippen LogP contribution is 2.41. The van der Waals surface area contributed by atoms with Gasteiger partial charge in [-0.05, 0) is 38.3 Å². The van der Waals surface area contributed by atoms with Crippen LogP contribution in [-0.4, -0.2) is 21.6 Å². The van der Waals surface area contributed by atoms with Crippen LogP contribution in [0.25, 0.3) is 10.8 Å². The lowest BCUT2D eigenvalue weighted by Crippen LogP contribution is -2.51. The Bertz CT molecular complexity index is 1210. The molecule has 1 saturated carbocycles. The first kappa shape index (κ1) is 20.8. The number of rotatable bonds is 4. The zero-order chi connectivity index (χ0) is 22.0. The highest BCUT2D eigenvalue weighted by Gasteiger charge is 2.43. The summed E-state index contributed by atoms with van der Waals surface area (Å²) < 4.78 is 1.25. The van der Waals surface area contributed by atoms with Gasteiger partial charge in [-0.15, -0.1) is 0 Å². The summed E-state index contributed by atoms with van der Waals surface area (Å²) in [6.45, 7) is 4.14. The first-order valence-electron chi connectivity index (χ1n) is 10.6. The summed E-state index contributed by atoms with van der Waals surface area (Å²) in [5, 5.41) is 5.10. The fraction of sp³-hybridized carbons (Fsp3) is 0.333. The number of aryl methyl sites for hydroxylation is 2. The minimum absolute atomic E-state index is 0.105. The van der Waals surface area contributed by atoms with Crippen LogP contribution in [0.4, 0.5) is 0 Å². The van der Waals surface area contributed by atoms with Crippen LogP contribution in [0.15, 0.2) is 53.3 Å². The van der Waals surface area contributed by atoms with Crippen molar-refractivity contribution >= 4 is 22.6 Å². The van der Waals surface area contributed by atoms with Gasteiger partial charge in [-0.25, -0.2) is 4.68 Å². The van der Waals surface area contributed by atoms with Gasteiger partial charge in [0.1, 0.15) is 0 Å². The SMILES string of the molecule is CCn1nc(C(=O)NNC(=O)C2(c3cccc(C)c3)CCCC2)c2ccccc2c1=O. The molecular weight excluding hydrogens is 392 g/mol. The van der Waals surface area contributed by atoms with E-state index in [1.54, 1.807) is 31.2 Å². The second-order valence-corrected chi connectivity index (χ2v) is 8.08. The summed E-state index contributed by atoms with van der Waals surface area (Å²) in [5.74, 6) is -0.777. The summed E-state index contributed by atoms with van der Waals surface area (Å²) in [6, 6.07) is 14.8. The van der Waals surface area contributed by atoms with Crippen molar-refractivity contribution in [3.8, 4) is 0 Å². The molecule has 0 bridgehead atoms. The molecule has 31 heavy (non-hydrogen) atoms. The van der Waals surface area contributed by atoms with Crippen LogP contribution < -0.4 is 16.4 Å². The molecule has 1 aromatic heterocycles. The van der Waals surface area contributed by atoms with E-state index in [-0.39, 0.29) is 17.2 Å². The quantitative estimate of drug-likeness (QED) is 0.637. The normalized spacial score (nSPS) is 15.0. The van der Waals surface area contributed by atoms with Gasteiger partial charge >= 0.3 is 0 Å². The molecule has 2 aromatic carbocycles. The number of hydrazine groups is 1. The summed E-state index contributed by atoms with van der Waals surface area (Å²) in [4.78, 5) is 38.7. The molecule has 0 spiro atoms. The van der Waals surface area contributed by atoms with Crippen molar-refractivity contribution in [3.63, 3.8) is 0 Å². The van der Waals surface area contributed by atoms with E-state index in [0.717, 1.165) is 36.8 Å². The third-order valence-electron chi connectivity index (χ3n) is 6.13. The Hall–Kier alpha value is -3.48. The maximum Gasteiger partial charge on any atom is 0.290 e. The van der Waals surface area contributed by atoms with Crippen LogP contribution in [0.5, 0.6) is 0 Å². The van der Waals surface area contributed by atoms with Crippen molar-refractivity contribution in [2.24, 2.45) is 0 Å². The second-order valence-electron chi connectivity index (χ2n) is 8.08. The van der Waals surface area contributed by atoms with Crippen molar-refractivity contribution in [3.05, 3.63) is 75.7 Å². The van der Waals surface area contributed by atoms with Crippen molar-refractivity contribution in [1.29, 1.82) is 0 Å². The van der Waals surface area contributed by atoms with Gasteiger partial charge in [-0.1, -0.05) is 60.9 Å². The lowest BCUT2D eigenvalue weighted by atomic mass is 9.77. The number of carbonyl (C=O) groups is 2. The Kier molecular flexibility index (Phi) is 5.59. The number of nitrogens with zero attached hydrogens (tertiary/aromatic N) is 2. The molecule has 160 valence electrons. The Morgan fingerprint density at radius 1 is 1.03 bits per heavy atom. The van der Waals surface area contributed by atoms with E-state index >= 15 is 0 Å². The largest absolute Gasteiger partial charge is 0.290 e. The third-order valence-corrected chi connectivity index (χ3v) is 6.13. The molecule has 3 aromatic rings. The predicted octanol–water partition coefficient (Wildman–Crippen LogP) is 3.00. The van der Waals surface area contributed by atoms with E-state index in [4.69, 9.17) is 0 Å². The summed E-state index contributed by atoms with van der Waals surface area (Å²) in [7, 11) is 0. The maximum absolute atomic E-state index is 13.3. The topological polar surface area (TPSA) is 93.1 Å². The Morgan fingerprint density at radius 2 is 1.74 bits per heavy atom. The van der Waals surface area contributed by atoms with Crippen LogP contribution in [-0.2, 0) is 16.8 Å². The fourth-order valence-corrected chi connectivity index (χ4v) is 4.48. The zero-order valence-electron chi connectivity index (χ0n) is 17.8. The standard InChI is InChI=1S/C24H26N4O3/c1-3-28-22(30)19-12-5-4-11-18(19)20(27-28)21(29)25-26-23(31)24(13-6-7-14-24)17-10-8-9-16(2)15-17/h4-5,8-12,15H,3,6-7,13-14H2,1-2H3,(H,25,29)(H,26,31). The predicted molar refractivity (Wildman–Crippen MR) is 119 cm³/mol. The van der Waals surface area contributed by atoms with Crippen molar-refractivity contribution in [2.45, 2.75) is 51.5 Å². The molecule has 0 unspecified atom stereocenters. The molecule has 2 amide bonds. The van der Waals surface area contributed by atoms with Gasteiger partial charge in [0.15, 0.2) is 5.69 Å². The molecule has 7 heteroatoms. The molecule has 2 N–H and O–H groups in total. The molecule has 4 rings (SSSR count). The molecule has 0 atom stereocenters. The molecular formula is C24H26N4O3. The van der Waals surface area contributed by atoms with E-state index in [1.165, 1.54) is 4.68 Å². The highest BCUT2D eigenvalue weighted by atomic mass is 16.2. The maximum atomic E-state index is 13.3. The molecule has 1 fully saturated rings. The average molecular weight is 418 g/mol. The highest BCUT2D eigenvalue weighted by molar-refractivity contribution is 6.05. The molecule has 0 saturated heterocycles. The minimum Gasteiger partial charge on any atom is -0.272 e. The zero-order valence-corrected chi connectivity index (χ0v) is 17.8. The smallest absolute Gasteiger partial charge is 0.272 e. The molecule has 7 nitrogen and oxygen atoms in total. The van der Waals surface area contributed by atoms with Crippen LogP contribution in [0.3, 0.4) is 0 Å². The van der Waals surface area contributed by atoms with Crippen molar-refractivity contribution in [2.75, 3.05) is 0 Å². The summed E-state index contributed by atoms with van der Waals surface area (Å²) in [5.41, 5.74) is 6.43. The van der Waals surface area contributed by atoms with E-state index in [1.807, 2.05) is 31.2 Å². The van der Waals surface area contributed by atoms with E-state index in [2.05, 4.69) is 16.0 Å². The minimum atomic E-state index is -0.656.